The molecule has 0 saturated carbocycles. The van der Waals surface area contributed by atoms with Crippen LogP contribution >= 0.6 is 12.4 Å². The molecule has 22 heavy (non-hydrogen) atoms. The van der Waals surface area contributed by atoms with E-state index in [9.17, 15) is 18.4 Å². The Labute approximate surface area is 134 Å². The van der Waals surface area contributed by atoms with Gasteiger partial charge in [-0.2, -0.15) is 0 Å². The van der Waals surface area contributed by atoms with Gasteiger partial charge in [0, 0.05) is 31.6 Å². The average molecular weight is 336 g/mol. The zero-order chi connectivity index (χ0) is 15.8. The molecule has 0 aliphatic rings. The minimum absolute atomic E-state index is 0. The first-order valence-corrected chi connectivity index (χ1v) is 6.66. The maximum Gasteiger partial charge on any atom is 0.254 e. The van der Waals surface area contributed by atoms with E-state index in [0.717, 1.165) is 12.1 Å². The molecule has 1 rings (SSSR count). The summed E-state index contributed by atoms with van der Waals surface area (Å²) in [5.41, 5.74) is 5.15. The number of carbonyl (C=O) groups is 2. The Balaban J connectivity index is 0.00000441. The number of amides is 2. The van der Waals surface area contributed by atoms with Crippen LogP contribution in [-0.4, -0.2) is 30.9 Å². The van der Waals surface area contributed by atoms with Gasteiger partial charge < -0.3 is 16.4 Å². The highest BCUT2D eigenvalue weighted by atomic mass is 35.5. The third kappa shape index (κ3) is 6.82. The van der Waals surface area contributed by atoms with Gasteiger partial charge in [0.2, 0.25) is 5.91 Å². The molecule has 0 spiro atoms. The van der Waals surface area contributed by atoms with Crippen molar-refractivity contribution in [1.29, 1.82) is 0 Å². The van der Waals surface area contributed by atoms with Crippen molar-refractivity contribution in [2.24, 2.45) is 5.73 Å². The van der Waals surface area contributed by atoms with Crippen molar-refractivity contribution in [3.63, 3.8) is 0 Å². The van der Waals surface area contributed by atoms with Gasteiger partial charge in [-0.15, -0.1) is 12.4 Å². The van der Waals surface area contributed by atoms with Gasteiger partial charge in [-0.05, 0) is 25.5 Å². The molecule has 0 saturated heterocycles. The fraction of sp³-hybridized carbons (Fsp3) is 0.429. The van der Waals surface area contributed by atoms with Crippen LogP contribution in [0.3, 0.4) is 0 Å². The van der Waals surface area contributed by atoms with E-state index in [2.05, 4.69) is 10.6 Å². The lowest BCUT2D eigenvalue weighted by Gasteiger charge is -2.11. The van der Waals surface area contributed by atoms with Gasteiger partial charge in [0.05, 0.1) is 5.56 Å². The first-order valence-electron chi connectivity index (χ1n) is 6.66. The molecular weight excluding hydrogens is 316 g/mol. The number of halogens is 3. The van der Waals surface area contributed by atoms with E-state index in [1.54, 1.807) is 6.92 Å². The molecule has 0 radical (unpaired) electrons. The standard InChI is InChI=1S/C14H19F2N3O2.ClH/c1-9(8-17)19-13(20)3-2-6-18-14(21)11-5-4-10(15)7-12(11)16;/h4-5,7,9H,2-3,6,8,17H2,1H3,(H,18,21)(H,19,20);1H/t9-;/m0./s1. The Kier molecular flexibility index (Phi) is 9.28. The minimum atomic E-state index is -0.915. The fourth-order valence-corrected chi connectivity index (χ4v) is 1.63. The summed E-state index contributed by atoms with van der Waals surface area (Å²) >= 11 is 0. The predicted molar refractivity (Wildman–Crippen MR) is 81.8 cm³/mol. The molecule has 0 aliphatic heterocycles. The molecule has 2 amide bonds. The largest absolute Gasteiger partial charge is 0.352 e. The maximum absolute atomic E-state index is 13.3. The number of nitrogens with two attached hydrogens (primary N) is 1. The highest BCUT2D eigenvalue weighted by Gasteiger charge is 2.12. The number of nitrogens with one attached hydrogen (secondary N) is 2. The Morgan fingerprint density at radius 3 is 2.59 bits per heavy atom. The van der Waals surface area contributed by atoms with Gasteiger partial charge in [-0.25, -0.2) is 8.78 Å². The topological polar surface area (TPSA) is 84.2 Å². The Hall–Kier alpha value is -1.73. The molecule has 1 aromatic rings. The van der Waals surface area contributed by atoms with E-state index >= 15 is 0 Å². The van der Waals surface area contributed by atoms with E-state index in [4.69, 9.17) is 5.73 Å². The lowest BCUT2D eigenvalue weighted by molar-refractivity contribution is -0.121. The third-order valence-corrected chi connectivity index (χ3v) is 2.80. The van der Waals surface area contributed by atoms with Crippen LogP contribution in [0, 0.1) is 11.6 Å². The van der Waals surface area contributed by atoms with Gasteiger partial charge in [-0.1, -0.05) is 0 Å². The summed E-state index contributed by atoms with van der Waals surface area (Å²) in [6.45, 7) is 2.36. The molecule has 124 valence electrons. The van der Waals surface area contributed by atoms with E-state index in [1.165, 1.54) is 0 Å². The summed E-state index contributed by atoms with van der Waals surface area (Å²) in [4.78, 5) is 23.1. The Morgan fingerprint density at radius 2 is 2.00 bits per heavy atom. The zero-order valence-corrected chi connectivity index (χ0v) is 13.0. The SMILES string of the molecule is C[C@@H](CN)NC(=O)CCCNC(=O)c1ccc(F)cc1F.Cl. The number of hydrogen-bond donors (Lipinski definition) is 3. The quantitative estimate of drug-likeness (QED) is 0.658. The van der Waals surface area contributed by atoms with Gasteiger partial charge in [0.1, 0.15) is 11.6 Å². The van der Waals surface area contributed by atoms with Crippen LogP contribution < -0.4 is 16.4 Å². The molecule has 0 bridgehead atoms. The zero-order valence-electron chi connectivity index (χ0n) is 12.2. The molecule has 1 atom stereocenters. The van der Waals surface area contributed by atoms with Gasteiger partial charge >= 0.3 is 0 Å². The smallest absolute Gasteiger partial charge is 0.254 e. The normalized spacial score (nSPS) is 11.3. The second-order valence-electron chi connectivity index (χ2n) is 4.69. The summed E-state index contributed by atoms with van der Waals surface area (Å²) in [7, 11) is 0. The molecule has 0 fully saturated rings. The van der Waals surface area contributed by atoms with Gasteiger partial charge in [0.25, 0.3) is 5.91 Å². The summed E-state index contributed by atoms with van der Waals surface area (Å²) in [5, 5.41) is 5.16. The lowest BCUT2D eigenvalue weighted by Crippen LogP contribution is -2.38. The predicted octanol–water partition coefficient (Wildman–Crippen LogP) is 1.36. The Bertz CT molecular complexity index is 515. The van der Waals surface area contributed by atoms with Crippen molar-refractivity contribution in [3.05, 3.63) is 35.4 Å². The van der Waals surface area contributed by atoms with Gasteiger partial charge in [-0.3, -0.25) is 9.59 Å². The first-order chi connectivity index (χ1) is 9.93. The number of rotatable bonds is 7. The number of carbonyl (C=O) groups excluding carboxylic acids is 2. The molecule has 1 aromatic carbocycles. The Morgan fingerprint density at radius 1 is 1.32 bits per heavy atom. The van der Waals surface area contributed by atoms with E-state index in [1.807, 2.05) is 0 Å². The van der Waals surface area contributed by atoms with Crippen LogP contribution in [0.5, 0.6) is 0 Å². The number of hydrogen-bond acceptors (Lipinski definition) is 3. The molecule has 8 heteroatoms. The van der Waals surface area contributed by atoms with E-state index in [0.29, 0.717) is 19.0 Å². The molecule has 4 N–H and O–H groups in total. The lowest BCUT2D eigenvalue weighted by atomic mass is 10.2. The molecule has 0 aromatic heterocycles. The molecular formula is C14H20ClF2N3O2. The highest BCUT2D eigenvalue weighted by Crippen LogP contribution is 2.09. The second kappa shape index (κ2) is 10.1. The maximum atomic E-state index is 13.3. The van der Waals surface area contributed by atoms with E-state index in [-0.39, 0.29) is 42.9 Å². The summed E-state index contributed by atoms with van der Waals surface area (Å²) in [5.74, 6) is -2.45. The molecule has 0 unspecified atom stereocenters. The highest BCUT2D eigenvalue weighted by molar-refractivity contribution is 5.94. The summed E-state index contributed by atoms with van der Waals surface area (Å²) in [6.07, 6.45) is 0.647. The summed E-state index contributed by atoms with van der Waals surface area (Å²) < 4.78 is 26.1. The molecule has 0 aliphatic carbocycles. The third-order valence-electron chi connectivity index (χ3n) is 2.80. The van der Waals surface area contributed by atoms with E-state index < -0.39 is 17.5 Å². The van der Waals surface area contributed by atoms with Crippen LogP contribution in [0.1, 0.15) is 30.1 Å². The van der Waals surface area contributed by atoms with Crippen LogP contribution in [0.25, 0.3) is 0 Å². The molecule has 0 heterocycles. The van der Waals surface area contributed by atoms with Crippen LogP contribution in [-0.2, 0) is 4.79 Å². The first kappa shape index (κ1) is 20.3. The van der Waals surface area contributed by atoms with Crippen molar-refractivity contribution in [1.82, 2.24) is 10.6 Å². The minimum Gasteiger partial charge on any atom is -0.352 e. The van der Waals surface area contributed by atoms with Crippen molar-refractivity contribution in [2.45, 2.75) is 25.8 Å². The van der Waals surface area contributed by atoms with Crippen molar-refractivity contribution >= 4 is 24.2 Å². The number of benzene rings is 1. The van der Waals surface area contributed by atoms with Crippen LogP contribution in [0.2, 0.25) is 0 Å². The monoisotopic (exact) mass is 335 g/mol. The van der Waals surface area contributed by atoms with Crippen molar-refractivity contribution in [2.75, 3.05) is 13.1 Å². The second-order valence-corrected chi connectivity index (χ2v) is 4.69. The van der Waals surface area contributed by atoms with Crippen molar-refractivity contribution < 1.29 is 18.4 Å². The van der Waals surface area contributed by atoms with Crippen molar-refractivity contribution in [3.8, 4) is 0 Å². The fourth-order valence-electron chi connectivity index (χ4n) is 1.63. The summed E-state index contributed by atoms with van der Waals surface area (Å²) in [6, 6.07) is 2.65. The van der Waals surface area contributed by atoms with Crippen LogP contribution in [0.4, 0.5) is 8.78 Å². The molecule has 5 nitrogen and oxygen atoms in total. The van der Waals surface area contributed by atoms with Crippen LogP contribution in [0.15, 0.2) is 18.2 Å². The van der Waals surface area contributed by atoms with Gasteiger partial charge in [0.15, 0.2) is 0 Å². The average Bonchev–Trinajstić information content (AvgIpc) is 2.43.